The van der Waals surface area contributed by atoms with E-state index in [4.69, 9.17) is 21.3 Å². The smallest absolute Gasteiger partial charge is 0.249 e. The number of nitrogen functional groups attached to an aromatic ring is 1. The van der Waals surface area contributed by atoms with E-state index in [0.717, 1.165) is 79.7 Å². The molecule has 1 saturated carbocycles. The molecule has 1 saturated heterocycles. The maximum Gasteiger partial charge on any atom is 0.249 e. The quantitative estimate of drug-likeness (QED) is 0.380. The molecule has 0 atom stereocenters. The van der Waals surface area contributed by atoms with Gasteiger partial charge in [-0.3, -0.25) is 9.69 Å². The van der Waals surface area contributed by atoms with Crippen molar-refractivity contribution in [3.63, 3.8) is 0 Å². The van der Waals surface area contributed by atoms with Gasteiger partial charge in [0.1, 0.15) is 23.6 Å². The van der Waals surface area contributed by atoms with Crippen molar-refractivity contribution in [2.45, 2.75) is 37.8 Å². The molecule has 40 heavy (non-hydrogen) atoms. The van der Waals surface area contributed by atoms with Gasteiger partial charge in [-0.2, -0.15) is 5.10 Å². The third-order valence-corrected chi connectivity index (χ3v) is 8.54. The zero-order chi connectivity index (χ0) is 27.8. The van der Waals surface area contributed by atoms with E-state index >= 15 is 0 Å². The lowest BCUT2D eigenvalue weighted by atomic mass is 9.90. The fraction of sp³-hybridized carbons (Fsp3) is 0.400. The van der Waals surface area contributed by atoms with Crippen LogP contribution in [0.3, 0.4) is 0 Å². The lowest BCUT2D eigenvalue weighted by molar-refractivity contribution is 0.0815. The van der Waals surface area contributed by atoms with Crippen LogP contribution in [0.5, 0.6) is 5.75 Å². The normalized spacial score (nSPS) is 20.6. The van der Waals surface area contributed by atoms with Gasteiger partial charge in [0.15, 0.2) is 5.65 Å². The third-order valence-electron chi connectivity index (χ3n) is 8.54. The maximum absolute atomic E-state index is 12.1. The molecule has 2 aromatic heterocycles. The maximum atomic E-state index is 12.1. The Labute approximate surface area is 233 Å². The standard InChI is InChI=1S/C30H36N8O2/c1-36-13-15-37(16-14-36)20-8-10-21(11-9-20)38-30-26(28(31)33-18-34-30)27(35-38)19-7-12-23(25(17-19)40-2)22-5-3-4-6-24(22)29(32)39/h3-7,12,17-18,20-21H,8-11,13-16H2,1-2H3,(H2,32,39)(H2,31,33,34). The van der Waals surface area contributed by atoms with E-state index in [-0.39, 0.29) is 6.04 Å². The number of carbonyl (C=O) groups excluding carboxylic acids is 1. The SMILES string of the molecule is COc1cc(-c2nn(C3CCC(N4CCN(C)CC4)CC3)c3ncnc(N)c23)ccc1-c1ccccc1C(N)=O. The number of nitrogens with two attached hydrogens (primary N) is 2. The Morgan fingerprint density at radius 1 is 0.950 bits per heavy atom. The highest BCUT2D eigenvalue weighted by Crippen LogP contribution is 2.40. The molecule has 0 bridgehead atoms. The summed E-state index contributed by atoms with van der Waals surface area (Å²) in [7, 11) is 3.81. The third kappa shape index (κ3) is 4.77. The van der Waals surface area contributed by atoms with Gasteiger partial charge >= 0.3 is 0 Å². The molecule has 0 spiro atoms. The zero-order valence-electron chi connectivity index (χ0n) is 23.1. The number of carbonyl (C=O) groups is 1. The van der Waals surface area contributed by atoms with Crippen LogP contribution in [0.4, 0.5) is 5.82 Å². The number of hydrogen-bond donors (Lipinski definition) is 2. The summed E-state index contributed by atoms with van der Waals surface area (Å²) in [6.07, 6.45) is 5.90. The molecule has 1 aliphatic heterocycles. The predicted octanol–water partition coefficient (Wildman–Crippen LogP) is 3.58. The van der Waals surface area contributed by atoms with Crippen molar-refractivity contribution >= 4 is 22.8 Å². The molecule has 208 valence electrons. The first-order valence-corrected chi connectivity index (χ1v) is 13.9. The summed E-state index contributed by atoms with van der Waals surface area (Å²) >= 11 is 0. The van der Waals surface area contributed by atoms with Crippen LogP contribution in [0, 0.1) is 0 Å². The number of primary amides is 1. The number of hydrogen-bond acceptors (Lipinski definition) is 8. The molecule has 2 aliphatic rings. The van der Waals surface area contributed by atoms with Gasteiger partial charge in [0.05, 0.1) is 18.5 Å². The molecular formula is C30H36N8O2. The highest BCUT2D eigenvalue weighted by Gasteiger charge is 2.31. The number of methoxy groups -OCH3 is 1. The number of fused-ring (bicyclic) bond motifs is 1. The molecule has 2 aromatic carbocycles. The second kappa shape index (κ2) is 10.9. The van der Waals surface area contributed by atoms with Gasteiger partial charge in [-0.1, -0.05) is 24.3 Å². The second-order valence-electron chi connectivity index (χ2n) is 10.9. The van der Waals surface area contributed by atoms with E-state index in [2.05, 4.69) is 31.5 Å². The number of piperazine rings is 1. The minimum absolute atomic E-state index is 0.248. The largest absolute Gasteiger partial charge is 0.496 e. The highest BCUT2D eigenvalue weighted by atomic mass is 16.5. The van der Waals surface area contributed by atoms with Gasteiger partial charge in [-0.25, -0.2) is 14.6 Å². The van der Waals surface area contributed by atoms with Gasteiger partial charge in [0.25, 0.3) is 0 Å². The van der Waals surface area contributed by atoms with Crippen LogP contribution in [0.2, 0.25) is 0 Å². The van der Waals surface area contributed by atoms with Gasteiger partial charge in [0, 0.05) is 48.9 Å². The summed E-state index contributed by atoms with van der Waals surface area (Å²) in [6.45, 7) is 4.57. The number of likely N-dealkylation sites (N-methyl/N-ethyl adjacent to an activating group) is 1. The first-order chi connectivity index (χ1) is 19.4. The van der Waals surface area contributed by atoms with Crippen LogP contribution in [-0.2, 0) is 0 Å². The first-order valence-electron chi connectivity index (χ1n) is 13.9. The molecule has 10 nitrogen and oxygen atoms in total. The number of anilines is 1. The number of rotatable bonds is 6. The van der Waals surface area contributed by atoms with Crippen molar-refractivity contribution in [1.82, 2.24) is 29.5 Å². The van der Waals surface area contributed by atoms with Crippen molar-refractivity contribution < 1.29 is 9.53 Å². The summed E-state index contributed by atoms with van der Waals surface area (Å²) < 4.78 is 7.84. The van der Waals surface area contributed by atoms with Gasteiger partial charge < -0.3 is 21.1 Å². The molecule has 10 heteroatoms. The van der Waals surface area contributed by atoms with E-state index in [0.29, 0.717) is 28.7 Å². The van der Waals surface area contributed by atoms with Crippen molar-refractivity contribution in [3.8, 4) is 28.1 Å². The minimum Gasteiger partial charge on any atom is -0.496 e. The topological polar surface area (TPSA) is 128 Å². The zero-order valence-corrected chi connectivity index (χ0v) is 23.1. The number of ether oxygens (including phenoxy) is 1. The summed E-state index contributed by atoms with van der Waals surface area (Å²) in [5, 5.41) is 5.85. The van der Waals surface area contributed by atoms with Crippen LogP contribution in [0.1, 0.15) is 42.1 Å². The second-order valence-corrected chi connectivity index (χ2v) is 10.9. The van der Waals surface area contributed by atoms with Crippen LogP contribution in [-0.4, -0.2) is 81.8 Å². The number of aromatic nitrogens is 4. The molecule has 1 aliphatic carbocycles. The molecular weight excluding hydrogens is 504 g/mol. The predicted molar refractivity (Wildman–Crippen MR) is 156 cm³/mol. The van der Waals surface area contributed by atoms with Gasteiger partial charge in [0.2, 0.25) is 5.91 Å². The van der Waals surface area contributed by atoms with Crippen molar-refractivity contribution in [2.24, 2.45) is 5.73 Å². The molecule has 3 heterocycles. The molecule has 0 unspecified atom stereocenters. The number of amides is 1. The van der Waals surface area contributed by atoms with Crippen molar-refractivity contribution in [2.75, 3.05) is 46.1 Å². The molecule has 0 radical (unpaired) electrons. The molecule has 2 fully saturated rings. The Bertz CT molecular complexity index is 1530. The fourth-order valence-electron chi connectivity index (χ4n) is 6.30. The van der Waals surface area contributed by atoms with Crippen LogP contribution >= 0.6 is 0 Å². The van der Waals surface area contributed by atoms with Crippen LogP contribution in [0.15, 0.2) is 48.8 Å². The highest BCUT2D eigenvalue weighted by molar-refractivity contribution is 6.02. The Morgan fingerprint density at radius 3 is 2.40 bits per heavy atom. The molecule has 4 aromatic rings. The summed E-state index contributed by atoms with van der Waals surface area (Å²) in [6, 6.07) is 14.0. The summed E-state index contributed by atoms with van der Waals surface area (Å²) in [5.74, 6) is 0.523. The lowest BCUT2D eigenvalue weighted by Gasteiger charge is -2.41. The minimum atomic E-state index is -0.487. The Hall–Kier alpha value is -4.02. The lowest BCUT2D eigenvalue weighted by Crippen LogP contribution is -2.49. The van der Waals surface area contributed by atoms with Gasteiger partial charge in [-0.15, -0.1) is 0 Å². The van der Waals surface area contributed by atoms with E-state index in [1.807, 2.05) is 30.3 Å². The Kier molecular flexibility index (Phi) is 7.12. The number of nitrogens with zero attached hydrogens (tertiary/aromatic N) is 6. The summed E-state index contributed by atoms with van der Waals surface area (Å²) in [4.78, 5) is 26.1. The van der Waals surface area contributed by atoms with E-state index in [9.17, 15) is 4.79 Å². The molecule has 1 amide bonds. The molecule has 6 rings (SSSR count). The Balaban J connectivity index is 1.33. The fourth-order valence-corrected chi connectivity index (χ4v) is 6.30. The van der Waals surface area contributed by atoms with E-state index in [1.165, 1.54) is 6.33 Å². The van der Waals surface area contributed by atoms with Crippen molar-refractivity contribution in [1.29, 1.82) is 0 Å². The number of benzene rings is 2. The van der Waals surface area contributed by atoms with Gasteiger partial charge in [-0.05, 0) is 56.5 Å². The molecule has 4 N–H and O–H groups in total. The first kappa shape index (κ1) is 26.2. The van der Waals surface area contributed by atoms with Crippen LogP contribution in [0.25, 0.3) is 33.4 Å². The van der Waals surface area contributed by atoms with E-state index in [1.54, 1.807) is 19.2 Å². The average molecular weight is 541 g/mol. The Morgan fingerprint density at radius 2 is 1.68 bits per heavy atom. The average Bonchev–Trinajstić information content (AvgIpc) is 3.38. The van der Waals surface area contributed by atoms with Crippen molar-refractivity contribution in [3.05, 3.63) is 54.4 Å². The van der Waals surface area contributed by atoms with Crippen LogP contribution < -0.4 is 16.2 Å². The summed E-state index contributed by atoms with van der Waals surface area (Å²) in [5.41, 5.74) is 16.3. The monoisotopic (exact) mass is 540 g/mol. The van der Waals surface area contributed by atoms with E-state index < -0.39 is 5.91 Å².